The number of rotatable bonds is 4. The second kappa shape index (κ2) is 5.27. The minimum Gasteiger partial charge on any atom is -0.379 e. The molecule has 0 amide bonds. The van der Waals surface area contributed by atoms with Crippen molar-refractivity contribution in [3.05, 3.63) is 35.2 Å². The molecule has 1 aliphatic carbocycles. The number of nitrogens with zero attached hydrogens (tertiary/aromatic N) is 5. The van der Waals surface area contributed by atoms with Crippen LogP contribution < -0.4 is 10.6 Å². The van der Waals surface area contributed by atoms with E-state index in [1.165, 1.54) is 17.5 Å². The first-order valence-electron chi connectivity index (χ1n) is 7.07. The highest BCUT2D eigenvalue weighted by Crippen LogP contribution is 2.31. The summed E-state index contributed by atoms with van der Waals surface area (Å²) in [5.74, 6) is 0. The average molecular weight is 321 g/mol. The predicted octanol–water partition coefficient (Wildman–Crippen LogP) is 2.85. The van der Waals surface area contributed by atoms with Gasteiger partial charge in [0.25, 0.3) is 0 Å². The summed E-state index contributed by atoms with van der Waals surface area (Å²) in [4.78, 5) is 9.05. The molecule has 4 rings (SSSR count). The van der Waals surface area contributed by atoms with Gasteiger partial charge in [-0.3, -0.25) is 4.40 Å². The van der Waals surface area contributed by atoms with Crippen molar-refractivity contribution in [2.75, 3.05) is 10.6 Å². The maximum absolute atomic E-state index is 9.23. The molecule has 0 radical (unpaired) electrons. The number of anilines is 3. The Morgan fingerprint density at radius 3 is 2.78 bits per heavy atom. The lowest BCUT2D eigenvalue weighted by atomic mass is 10.3. The maximum Gasteiger partial charge on any atom is 0.188 e. The van der Waals surface area contributed by atoms with Crippen molar-refractivity contribution in [1.29, 1.82) is 10.5 Å². The summed E-state index contributed by atoms with van der Waals surface area (Å²) in [6.07, 6.45) is 7.20. The lowest BCUT2D eigenvalue weighted by Crippen LogP contribution is -2.05. The van der Waals surface area contributed by atoms with Crippen LogP contribution in [0.3, 0.4) is 0 Å². The van der Waals surface area contributed by atoms with Crippen molar-refractivity contribution >= 4 is 33.5 Å². The van der Waals surface area contributed by atoms with Gasteiger partial charge in [0, 0.05) is 12.2 Å². The zero-order chi connectivity index (χ0) is 15.8. The third-order valence-electron chi connectivity index (χ3n) is 3.52. The van der Waals surface area contributed by atoms with Crippen LogP contribution in [0.2, 0.25) is 0 Å². The first kappa shape index (κ1) is 13.6. The SMILES string of the molecule is N#Cc1cnc(Nc2cc(NC3CC3)c3ncc(C#N)n3c2)s1. The molecule has 1 fully saturated rings. The predicted molar refractivity (Wildman–Crippen MR) is 86.7 cm³/mol. The van der Waals surface area contributed by atoms with Gasteiger partial charge in [0.1, 0.15) is 22.7 Å². The first-order chi connectivity index (χ1) is 11.3. The van der Waals surface area contributed by atoms with Crippen LogP contribution in [0.25, 0.3) is 5.65 Å². The zero-order valence-corrected chi connectivity index (χ0v) is 12.8. The van der Waals surface area contributed by atoms with Crippen LogP contribution in [-0.2, 0) is 0 Å². The smallest absolute Gasteiger partial charge is 0.188 e. The second-order valence-corrected chi connectivity index (χ2v) is 6.31. The molecule has 3 aromatic rings. The summed E-state index contributed by atoms with van der Waals surface area (Å²) in [5.41, 5.74) is 2.88. The summed E-state index contributed by atoms with van der Waals surface area (Å²) in [6.45, 7) is 0. The molecule has 0 unspecified atom stereocenters. The highest BCUT2D eigenvalue weighted by atomic mass is 32.1. The van der Waals surface area contributed by atoms with Gasteiger partial charge in [0.2, 0.25) is 0 Å². The fourth-order valence-corrected chi connectivity index (χ4v) is 2.93. The highest BCUT2D eigenvalue weighted by Gasteiger charge is 2.23. The Balaban J connectivity index is 1.76. The molecule has 7 nitrogen and oxygen atoms in total. The minimum absolute atomic E-state index is 0.472. The van der Waals surface area contributed by atoms with Crippen LogP contribution in [0.5, 0.6) is 0 Å². The van der Waals surface area contributed by atoms with Crippen LogP contribution in [-0.4, -0.2) is 20.4 Å². The van der Waals surface area contributed by atoms with E-state index in [1.54, 1.807) is 10.6 Å². The third kappa shape index (κ3) is 2.56. The van der Waals surface area contributed by atoms with Crippen molar-refractivity contribution in [3.63, 3.8) is 0 Å². The molecule has 1 saturated carbocycles. The van der Waals surface area contributed by atoms with Gasteiger partial charge in [0.05, 0.1) is 23.8 Å². The molecule has 2 N–H and O–H groups in total. The molecule has 23 heavy (non-hydrogen) atoms. The molecule has 3 aromatic heterocycles. The molecule has 0 bridgehead atoms. The van der Waals surface area contributed by atoms with Gasteiger partial charge in [-0.15, -0.1) is 0 Å². The molecule has 0 aliphatic heterocycles. The van der Waals surface area contributed by atoms with Crippen molar-refractivity contribution in [1.82, 2.24) is 14.4 Å². The van der Waals surface area contributed by atoms with Crippen LogP contribution in [0.1, 0.15) is 23.4 Å². The first-order valence-corrected chi connectivity index (χ1v) is 7.89. The number of nitriles is 2. The number of fused-ring (bicyclic) bond motifs is 1. The number of imidazole rings is 1. The Bertz CT molecular complexity index is 968. The largest absolute Gasteiger partial charge is 0.379 e. The highest BCUT2D eigenvalue weighted by molar-refractivity contribution is 7.16. The van der Waals surface area contributed by atoms with Crippen LogP contribution in [0.4, 0.5) is 16.5 Å². The number of thiazole rings is 1. The number of hydrogen-bond acceptors (Lipinski definition) is 7. The number of hydrogen-bond donors (Lipinski definition) is 2. The van der Waals surface area contributed by atoms with Crippen LogP contribution in [0.15, 0.2) is 24.7 Å². The van der Waals surface area contributed by atoms with Gasteiger partial charge in [-0.2, -0.15) is 10.5 Å². The number of aromatic nitrogens is 3. The van der Waals surface area contributed by atoms with Crippen molar-refractivity contribution in [2.24, 2.45) is 0 Å². The van der Waals surface area contributed by atoms with E-state index in [-0.39, 0.29) is 0 Å². The number of nitrogens with one attached hydrogen (secondary N) is 2. The quantitative estimate of drug-likeness (QED) is 0.766. The topological polar surface area (TPSA) is 102 Å². The van der Waals surface area contributed by atoms with E-state index in [1.807, 2.05) is 12.3 Å². The Morgan fingerprint density at radius 1 is 1.22 bits per heavy atom. The van der Waals surface area contributed by atoms with Gasteiger partial charge >= 0.3 is 0 Å². The fourth-order valence-electron chi connectivity index (χ4n) is 2.30. The van der Waals surface area contributed by atoms with Crippen LogP contribution >= 0.6 is 11.3 Å². The van der Waals surface area contributed by atoms with Crippen LogP contribution in [0, 0.1) is 22.7 Å². The van der Waals surface area contributed by atoms with E-state index in [4.69, 9.17) is 5.26 Å². The Morgan fingerprint density at radius 2 is 2.09 bits per heavy atom. The molecular formula is C15H11N7S. The standard InChI is InChI=1S/C15H11N7S/c16-4-11-6-18-14-13(20-9-1-2-9)3-10(8-22(11)14)21-15-19-7-12(5-17)23-15/h3,6-9,20H,1-2H2,(H,19,21). The van der Waals surface area contributed by atoms with Crippen molar-refractivity contribution in [3.8, 4) is 12.1 Å². The van der Waals surface area contributed by atoms with Gasteiger partial charge in [-0.05, 0) is 18.9 Å². The molecular weight excluding hydrogens is 310 g/mol. The van der Waals surface area contributed by atoms with Crippen molar-refractivity contribution in [2.45, 2.75) is 18.9 Å². The summed E-state index contributed by atoms with van der Waals surface area (Å²) < 4.78 is 1.76. The van der Waals surface area contributed by atoms with E-state index in [0.717, 1.165) is 29.9 Å². The summed E-state index contributed by atoms with van der Waals surface area (Å²) in [5, 5.41) is 25.4. The normalized spacial score (nSPS) is 13.5. The Kier molecular flexibility index (Phi) is 3.11. The third-order valence-corrected chi connectivity index (χ3v) is 4.34. The molecule has 112 valence electrons. The summed E-state index contributed by atoms with van der Waals surface area (Å²) in [7, 11) is 0. The lowest BCUT2D eigenvalue weighted by Gasteiger charge is -2.10. The molecule has 1 aliphatic rings. The van der Waals surface area contributed by atoms with E-state index in [2.05, 4.69) is 32.7 Å². The van der Waals surface area contributed by atoms with Gasteiger partial charge in [-0.25, -0.2) is 9.97 Å². The second-order valence-electron chi connectivity index (χ2n) is 5.28. The zero-order valence-electron chi connectivity index (χ0n) is 11.9. The van der Waals surface area contributed by atoms with E-state index >= 15 is 0 Å². The lowest BCUT2D eigenvalue weighted by molar-refractivity contribution is 1.11. The van der Waals surface area contributed by atoms with E-state index < -0.39 is 0 Å². The van der Waals surface area contributed by atoms with Gasteiger partial charge < -0.3 is 10.6 Å². The fraction of sp³-hybridized carbons (Fsp3) is 0.200. The molecule has 0 spiro atoms. The minimum atomic E-state index is 0.472. The Labute approximate surface area is 135 Å². The average Bonchev–Trinajstić information content (AvgIpc) is 3.10. The van der Waals surface area contributed by atoms with Gasteiger partial charge in [0.15, 0.2) is 10.8 Å². The van der Waals surface area contributed by atoms with Crippen molar-refractivity contribution < 1.29 is 0 Å². The van der Waals surface area contributed by atoms with E-state index in [9.17, 15) is 5.26 Å². The maximum atomic E-state index is 9.23. The Hall–Kier alpha value is -3.10. The molecule has 3 heterocycles. The molecule has 8 heteroatoms. The number of pyridine rings is 1. The molecule has 0 saturated heterocycles. The van der Waals surface area contributed by atoms with Gasteiger partial charge in [-0.1, -0.05) is 11.3 Å². The molecule has 0 aromatic carbocycles. The summed E-state index contributed by atoms with van der Waals surface area (Å²) >= 11 is 1.28. The monoisotopic (exact) mass is 321 g/mol. The molecule has 0 atom stereocenters. The summed E-state index contributed by atoms with van der Waals surface area (Å²) in [6, 6.07) is 6.63. The van der Waals surface area contributed by atoms with E-state index in [0.29, 0.717) is 21.7 Å².